The predicted molar refractivity (Wildman–Crippen MR) is 75.9 cm³/mol. The van der Waals surface area contributed by atoms with Gasteiger partial charge in [0.15, 0.2) is 0 Å². The number of hydrogen-bond donors (Lipinski definition) is 2. The van der Waals surface area contributed by atoms with Gasteiger partial charge in [-0.15, -0.1) is 0 Å². The number of benzene rings is 1. The Balaban J connectivity index is 1.68. The van der Waals surface area contributed by atoms with E-state index in [1.807, 2.05) is 0 Å². The molecule has 3 nitrogen and oxygen atoms in total. The van der Waals surface area contributed by atoms with Crippen LogP contribution in [0.25, 0.3) is 0 Å². The Hall–Kier alpha value is -1.35. The lowest BCUT2D eigenvalue weighted by Crippen LogP contribution is -2.47. The van der Waals surface area contributed by atoms with Gasteiger partial charge >= 0.3 is 0 Å². The first-order valence-electron chi connectivity index (χ1n) is 7.46. The molecule has 1 aliphatic heterocycles. The summed E-state index contributed by atoms with van der Waals surface area (Å²) in [6.07, 6.45) is 6.70. The van der Waals surface area contributed by atoms with E-state index in [9.17, 15) is 4.79 Å². The number of aryl methyl sites for hydroxylation is 1. The Morgan fingerprint density at radius 2 is 2.05 bits per heavy atom. The first kappa shape index (κ1) is 12.7. The summed E-state index contributed by atoms with van der Waals surface area (Å²) in [5.41, 5.74) is 2.72. The van der Waals surface area contributed by atoms with Crippen molar-refractivity contribution in [3.05, 3.63) is 35.4 Å². The van der Waals surface area contributed by atoms with Gasteiger partial charge in [0.25, 0.3) is 0 Å². The van der Waals surface area contributed by atoms with E-state index in [1.165, 1.54) is 24.0 Å². The molecule has 3 heteroatoms. The highest BCUT2D eigenvalue weighted by atomic mass is 16.2. The first-order valence-corrected chi connectivity index (χ1v) is 7.46. The summed E-state index contributed by atoms with van der Waals surface area (Å²) in [4.78, 5) is 12.3. The molecule has 0 saturated carbocycles. The van der Waals surface area contributed by atoms with Crippen LogP contribution in [0.5, 0.6) is 0 Å². The topological polar surface area (TPSA) is 41.1 Å². The van der Waals surface area contributed by atoms with Crippen molar-refractivity contribution in [1.82, 2.24) is 10.6 Å². The fraction of sp³-hybridized carbons (Fsp3) is 0.562. The fourth-order valence-electron chi connectivity index (χ4n) is 3.25. The van der Waals surface area contributed by atoms with E-state index >= 15 is 0 Å². The molecule has 2 atom stereocenters. The van der Waals surface area contributed by atoms with Gasteiger partial charge in [0.05, 0.1) is 12.1 Å². The van der Waals surface area contributed by atoms with Crippen molar-refractivity contribution in [3.8, 4) is 0 Å². The maximum Gasteiger partial charge on any atom is 0.237 e. The zero-order valence-corrected chi connectivity index (χ0v) is 11.3. The quantitative estimate of drug-likeness (QED) is 0.855. The van der Waals surface area contributed by atoms with Crippen LogP contribution < -0.4 is 10.6 Å². The third-order valence-corrected chi connectivity index (χ3v) is 4.31. The van der Waals surface area contributed by atoms with Crippen LogP contribution in [0.2, 0.25) is 0 Å². The molecule has 1 fully saturated rings. The number of carbonyl (C=O) groups excluding carboxylic acids is 1. The molecule has 1 unspecified atom stereocenters. The van der Waals surface area contributed by atoms with E-state index in [-0.39, 0.29) is 18.0 Å². The summed E-state index contributed by atoms with van der Waals surface area (Å²) in [5.74, 6) is 0.182. The Morgan fingerprint density at radius 3 is 2.89 bits per heavy atom. The lowest BCUT2D eigenvalue weighted by molar-refractivity contribution is -0.124. The standard InChI is InChI=1S/C16H22N2O/c19-16(15-9-3-4-11-17-15)18-14-10-5-7-12-6-1-2-8-13(12)14/h1-2,6,8,14-15,17H,3-5,7,9-11H2,(H,18,19)/t14?,15-/m1/s1. The molecule has 19 heavy (non-hydrogen) atoms. The Bertz CT molecular complexity index is 452. The van der Waals surface area contributed by atoms with Gasteiger partial charge in [-0.2, -0.15) is 0 Å². The zero-order valence-electron chi connectivity index (χ0n) is 11.3. The van der Waals surface area contributed by atoms with E-state index < -0.39 is 0 Å². The summed E-state index contributed by atoms with van der Waals surface area (Å²) >= 11 is 0. The minimum Gasteiger partial charge on any atom is -0.348 e. The van der Waals surface area contributed by atoms with Crippen LogP contribution in [0, 0.1) is 0 Å². The summed E-state index contributed by atoms with van der Waals surface area (Å²) in [5, 5.41) is 6.56. The molecule has 1 aliphatic carbocycles. The number of nitrogens with one attached hydrogen (secondary N) is 2. The third kappa shape index (κ3) is 2.81. The highest BCUT2D eigenvalue weighted by Crippen LogP contribution is 2.29. The molecule has 0 radical (unpaired) electrons. The van der Waals surface area contributed by atoms with Crippen LogP contribution in [-0.4, -0.2) is 18.5 Å². The highest BCUT2D eigenvalue weighted by Gasteiger charge is 2.26. The van der Waals surface area contributed by atoms with Gasteiger partial charge < -0.3 is 10.6 Å². The summed E-state index contributed by atoms with van der Waals surface area (Å²) in [6.45, 7) is 0.972. The van der Waals surface area contributed by atoms with Crippen LogP contribution in [0.1, 0.15) is 49.3 Å². The number of amides is 1. The van der Waals surface area contributed by atoms with E-state index in [2.05, 4.69) is 34.9 Å². The molecule has 1 amide bonds. The van der Waals surface area contributed by atoms with Crippen LogP contribution >= 0.6 is 0 Å². The third-order valence-electron chi connectivity index (χ3n) is 4.31. The largest absolute Gasteiger partial charge is 0.348 e. The maximum atomic E-state index is 12.3. The van der Waals surface area contributed by atoms with Crippen molar-refractivity contribution in [2.45, 2.75) is 50.6 Å². The fourth-order valence-corrected chi connectivity index (χ4v) is 3.25. The van der Waals surface area contributed by atoms with E-state index in [1.54, 1.807) is 0 Å². The molecule has 1 heterocycles. The van der Waals surface area contributed by atoms with Crippen LogP contribution in [0.4, 0.5) is 0 Å². The second-order valence-corrected chi connectivity index (χ2v) is 5.65. The molecule has 1 saturated heterocycles. The molecule has 0 bridgehead atoms. The molecule has 1 aromatic carbocycles. The minimum atomic E-state index is 0.0165. The normalized spacial score (nSPS) is 26.5. The Labute approximate surface area is 114 Å². The van der Waals surface area contributed by atoms with Crippen LogP contribution in [0.15, 0.2) is 24.3 Å². The molecule has 2 aliphatic rings. The highest BCUT2D eigenvalue weighted by molar-refractivity contribution is 5.82. The second-order valence-electron chi connectivity index (χ2n) is 5.65. The number of piperidine rings is 1. The van der Waals surface area contributed by atoms with Gasteiger partial charge in [-0.25, -0.2) is 0 Å². The van der Waals surface area contributed by atoms with Crippen LogP contribution in [0.3, 0.4) is 0 Å². The first-order chi connectivity index (χ1) is 9.34. The van der Waals surface area contributed by atoms with Gasteiger partial charge in [-0.05, 0) is 49.8 Å². The Morgan fingerprint density at radius 1 is 1.16 bits per heavy atom. The van der Waals surface area contributed by atoms with Crippen molar-refractivity contribution in [3.63, 3.8) is 0 Å². The molecule has 0 aromatic heterocycles. The average Bonchev–Trinajstić information content (AvgIpc) is 2.48. The van der Waals surface area contributed by atoms with E-state index in [0.717, 1.165) is 32.2 Å². The van der Waals surface area contributed by atoms with Gasteiger partial charge in [0.1, 0.15) is 0 Å². The molecule has 3 rings (SSSR count). The lowest BCUT2D eigenvalue weighted by Gasteiger charge is -2.29. The van der Waals surface area contributed by atoms with Gasteiger partial charge in [-0.3, -0.25) is 4.79 Å². The second kappa shape index (κ2) is 5.74. The smallest absolute Gasteiger partial charge is 0.237 e. The zero-order chi connectivity index (χ0) is 13.1. The average molecular weight is 258 g/mol. The summed E-state index contributed by atoms with van der Waals surface area (Å²) in [7, 11) is 0. The number of hydrogen-bond acceptors (Lipinski definition) is 2. The number of fused-ring (bicyclic) bond motifs is 1. The van der Waals surface area contributed by atoms with E-state index in [0.29, 0.717) is 0 Å². The lowest BCUT2D eigenvalue weighted by atomic mass is 9.87. The predicted octanol–water partition coefficient (Wildman–Crippen LogP) is 2.32. The van der Waals surface area contributed by atoms with Crippen molar-refractivity contribution in [1.29, 1.82) is 0 Å². The summed E-state index contributed by atoms with van der Waals surface area (Å²) in [6, 6.07) is 8.73. The maximum absolute atomic E-state index is 12.3. The molecule has 102 valence electrons. The molecular weight excluding hydrogens is 236 g/mol. The summed E-state index contributed by atoms with van der Waals surface area (Å²) < 4.78 is 0. The Kier molecular flexibility index (Phi) is 3.83. The van der Waals surface area contributed by atoms with Gasteiger partial charge in [0, 0.05) is 0 Å². The number of rotatable bonds is 2. The van der Waals surface area contributed by atoms with Crippen molar-refractivity contribution in [2.75, 3.05) is 6.54 Å². The van der Waals surface area contributed by atoms with Crippen molar-refractivity contribution >= 4 is 5.91 Å². The van der Waals surface area contributed by atoms with Gasteiger partial charge in [-0.1, -0.05) is 30.7 Å². The minimum absolute atomic E-state index is 0.0165. The van der Waals surface area contributed by atoms with E-state index in [4.69, 9.17) is 0 Å². The SMILES string of the molecule is O=C(NC1CCCc2ccccc21)[C@H]1CCCCN1. The molecule has 1 aromatic rings. The van der Waals surface area contributed by atoms with Crippen LogP contribution in [-0.2, 0) is 11.2 Å². The number of carbonyl (C=O) groups is 1. The monoisotopic (exact) mass is 258 g/mol. The molecular formula is C16H22N2O. The van der Waals surface area contributed by atoms with Crippen molar-refractivity contribution in [2.24, 2.45) is 0 Å². The molecule has 2 N–H and O–H groups in total. The van der Waals surface area contributed by atoms with Crippen molar-refractivity contribution < 1.29 is 4.79 Å². The molecule has 0 spiro atoms. The van der Waals surface area contributed by atoms with Gasteiger partial charge in [0.2, 0.25) is 5.91 Å².